The Bertz CT molecular complexity index is 643. The van der Waals surface area contributed by atoms with Crippen LogP contribution in [0.3, 0.4) is 0 Å². The molecule has 2 rings (SSSR count). The Morgan fingerprint density at radius 1 is 1.19 bits per heavy atom. The van der Waals surface area contributed by atoms with E-state index in [1.165, 1.54) is 12.1 Å². The quantitative estimate of drug-likeness (QED) is 0.822. The van der Waals surface area contributed by atoms with Crippen molar-refractivity contribution in [3.05, 3.63) is 65.0 Å². The second-order valence-corrected chi connectivity index (χ2v) is 4.94. The van der Waals surface area contributed by atoms with Crippen LogP contribution in [-0.2, 0) is 12.8 Å². The van der Waals surface area contributed by atoms with E-state index in [0.717, 1.165) is 28.9 Å². The molecule has 0 heterocycles. The number of rotatable bonds is 5. The summed E-state index contributed by atoms with van der Waals surface area (Å²) in [5, 5.41) is 9.43. The number of ether oxygens (including phenoxy) is 1. The first-order chi connectivity index (χ1) is 10.2. The van der Waals surface area contributed by atoms with Crippen molar-refractivity contribution in [1.29, 1.82) is 5.26 Å². The highest BCUT2D eigenvalue weighted by Crippen LogP contribution is 2.27. The number of nitrogens with zero attached hydrogens (tertiary/aromatic N) is 1. The maximum atomic E-state index is 12.9. The van der Waals surface area contributed by atoms with Crippen molar-refractivity contribution in [2.75, 3.05) is 7.11 Å². The molecule has 0 aliphatic heterocycles. The molecular weight excluding hydrogens is 265 g/mol. The maximum absolute atomic E-state index is 12.9. The Balaban J connectivity index is 2.25. The van der Waals surface area contributed by atoms with Crippen molar-refractivity contribution in [2.45, 2.75) is 25.7 Å². The fraction of sp³-hybridized carbons (Fsp3) is 0.278. The van der Waals surface area contributed by atoms with E-state index >= 15 is 0 Å². The zero-order valence-corrected chi connectivity index (χ0v) is 12.3. The third kappa shape index (κ3) is 3.61. The van der Waals surface area contributed by atoms with Gasteiger partial charge >= 0.3 is 0 Å². The van der Waals surface area contributed by atoms with E-state index in [9.17, 15) is 9.65 Å². The maximum Gasteiger partial charge on any atom is 0.123 e. The summed E-state index contributed by atoms with van der Waals surface area (Å²) in [5.74, 6) is 0.344. The highest BCUT2D eigenvalue weighted by atomic mass is 19.1. The molecule has 0 saturated carbocycles. The minimum atomic E-state index is -0.259. The summed E-state index contributed by atoms with van der Waals surface area (Å²) in [4.78, 5) is 0. The second kappa shape index (κ2) is 6.90. The van der Waals surface area contributed by atoms with Crippen LogP contribution >= 0.6 is 0 Å². The first-order valence-electron chi connectivity index (χ1n) is 6.98. The topological polar surface area (TPSA) is 33.0 Å². The van der Waals surface area contributed by atoms with Gasteiger partial charge in [0, 0.05) is 0 Å². The van der Waals surface area contributed by atoms with E-state index in [2.05, 4.69) is 13.0 Å². The van der Waals surface area contributed by atoms with Crippen molar-refractivity contribution >= 4 is 0 Å². The van der Waals surface area contributed by atoms with Gasteiger partial charge in [0.15, 0.2) is 0 Å². The molecule has 0 aliphatic carbocycles. The Kier molecular flexibility index (Phi) is 4.94. The predicted octanol–water partition coefficient (Wildman–Crippen LogP) is 4.25. The molecule has 0 fully saturated rings. The van der Waals surface area contributed by atoms with Gasteiger partial charge in [0.25, 0.3) is 0 Å². The molecule has 0 N–H and O–H groups in total. The van der Waals surface area contributed by atoms with Crippen LogP contribution in [-0.4, -0.2) is 7.11 Å². The van der Waals surface area contributed by atoms with Crippen molar-refractivity contribution in [3.63, 3.8) is 0 Å². The van der Waals surface area contributed by atoms with Gasteiger partial charge in [0.05, 0.1) is 19.1 Å². The number of nitriles is 1. The predicted molar refractivity (Wildman–Crippen MR) is 80.8 cm³/mol. The summed E-state index contributed by atoms with van der Waals surface area (Å²) in [5.41, 5.74) is 3.02. The van der Waals surface area contributed by atoms with Crippen molar-refractivity contribution in [2.24, 2.45) is 0 Å². The van der Waals surface area contributed by atoms with Crippen LogP contribution < -0.4 is 4.74 Å². The summed E-state index contributed by atoms with van der Waals surface area (Å²) >= 11 is 0. The van der Waals surface area contributed by atoms with Gasteiger partial charge in [-0.15, -0.1) is 0 Å². The lowest BCUT2D eigenvalue weighted by atomic mass is 9.91. The zero-order chi connectivity index (χ0) is 15.2. The van der Waals surface area contributed by atoms with E-state index in [4.69, 9.17) is 4.74 Å². The number of halogens is 1. The molecule has 2 aromatic rings. The normalized spacial score (nSPS) is 11.7. The molecule has 108 valence electrons. The average molecular weight is 283 g/mol. The third-order valence-corrected chi connectivity index (χ3v) is 3.60. The zero-order valence-electron chi connectivity index (χ0n) is 12.3. The van der Waals surface area contributed by atoms with Crippen molar-refractivity contribution in [3.8, 4) is 11.8 Å². The van der Waals surface area contributed by atoms with Gasteiger partial charge in [-0.3, -0.25) is 0 Å². The molecule has 0 spiro atoms. The molecule has 0 radical (unpaired) electrons. The lowest BCUT2D eigenvalue weighted by Gasteiger charge is -2.13. The van der Waals surface area contributed by atoms with E-state index in [0.29, 0.717) is 6.42 Å². The summed E-state index contributed by atoms with van der Waals surface area (Å²) in [6.07, 6.45) is 1.43. The van der Waals surface area contributed by atoms with Gasteiger partial charge < -0.3 is 4.74 Å². The molecule has 2 aromatic carbocycles. The minimum absolute atomic E-state index is 0.244. The van der Waals surface area contributed by atoms with Crippen LogP contribution in [0.2, 0.25) is 0 Å². The van der Waals surface area contributed by atoms with Gasteiger partial charge in [0.2, 0.25) is 0 Å². The summed E-state index contributed by atoms with van der Waals surface area (Å²) in [6, 6.07) is 14.5. The van der Waals surface area contributed by atoms with Gasteiger partial charge in [-0.05, 0) is 47.7 Å². The Hall–Kier alpha value is -2.34. The Labute approximate surface area is 124 Å². The largest absolute Gasteiger partial charge is 0.496 e. The number of methoxy groups -OCH3 is 1. The number of hydrogen-bond acceptors (Lipinski definition) is 2. The van der Waals surface area contributed by atoms with Gasteiger partial charge in [-0.25, -0.2) is 4.39 Å². The van der Waals surface area contributed by atoms with E-state index in [-0.39, 0.29) is 11.7 Å². The molecule has 21 heavy (non-hydrogen) atoms. The highest BCUT2D eigenvalue weighted by molar-refractivity contribution is 5.40. The van der Waals surface area contributed by atoms with E-state index < -0.39 is 0 Å². The lowest BCUT2D eigenvalue weighted by Crippen LogP contribution is -2.02. The molecule has 1 unspecified atom stereocenters. The van der Waals surface area contributed by atoms with Gasteiger partial charge in [0.1, 0.15) is 11.6 Å². The minimum Gasteiger partial charge on any atom is -0.496 e. The first-order valence-corrected chi connectivity index (χ1v) is 6.98. The number of aryl methyl sites for hydroxylation is 1. The summed E-state index contributed by atoms with van der Waals surface area (Å²) < 4.78 is 18.2. The fourth-order valence-electron chi connectivity index (χ4n) is 2.39. The Morgan fingerprint density at radius 2 is 1.90 bits per heavy atom. The van der Waals surface area contributed by atoms with Crippen LogP contribution in [0.25, 0.3) is 0 Å². The molecule has 0 amide bonds. The molecule has 0 bridgehead atoms. The molecule has 0 saturated heterocycles. The second-order valence-electron chi connectivity index (χ2n) is 4.94. The van der Waals surface area contributed by atoms with E-state index in [1.807, 2.05) is 18.2 Å². The van der Waals surface area contributed by atoms with Gasteiger partial charge in [-0.1, -0.05) is 31.2 Å². The van der Waals surface area contributed by atoms with Crippen LogP contribution in [0.4, 0.5) is 4.39 Å². The lowest BCUT2D eigenvalue weighted by molar-refractivity contribution is 0.410. The fourth-order valence-corrected chi connectivity index (χ4v) is 2.39. The van der Waals surface area contributed by atoms with E-state index in [1.54, 1.807) is 19.2 Å². The average Bonchev–Trinajstić information content (AvgIpc) is 2.53. The van der Waals surface area contributed by atoms with Gasteiger partial charge in [-0.2, -0.15) is 5.26 Å². The van der Waals surface area contributed by atoms with Crippen molar-refractivity contribution in [1.82, 2.24) is 0 Å². The molecule has 2 nitrogen and oxygen atoms in total. The molecule has 0 aliphatic rings. The summed E-state index contributed by atoms with van der Waals surface area (Å²) in [6.45, 7) is 2.06. The molecular formula is C18H18FNO. The molecule has 0 aromatic heterocycles. The van der Waals surface area contributed by atoms with Crippen molar-refractivity contribution < 1.29 is 9.13 Å². The Morgan fingerprint density at radius 3 is 2.48 bits per heavy atom. The third-order valence-electron chi connectivity index (χ3n) is 3.60. The summed E-state index contributed by atoms with van der Waals surface area (Å²) in [7, 11) is 1.65. The first kappa shape index (κ1) is 15.1. The van der Waals surface area contributed by atoms with Crippen LogP contribution in [0.15, 0.2) is 42.5 Å². The number of hydrogen-bond donors (Lipinski definition) is 0. The number of benzene rings is 2. The smallest absolute Gasteiger partial charge is 0.123 e. The van der Waals surface area contributed by atoms with Crippen LogP contribution in [0.5, 0.6) is 5.75 Å². The SMILES string of the molecule is CCc1cc(C(C#N)Cc2ccc(F)cc2)ccc1OC. The molecule has 3 heteroatoms. The monoisotopic (exact) mass is 283 g/mol. The van der Waals surface area contributed by atoms with Crippen LogP contribution in [0.1, 0.15) is 29.5 Å². The highest BCUT2D eigenvalue weighted by Gasteiger charge is 2.14. The standard InChI is InChI=1S/C18H18FNO/c1-3-14-11-15(6-9-18(14)21-2)16(12-20)10-13-4-7-17(19)8-5-13/h4-9,11,16H,3,10H2,1-2H3. The van der Waals surface area contributed by atoms with Crippen LogP contribution in [0, 0.1) is 17.1 Å². The molecule has 1 atom stereocenters.